The lowest BCUT2D eigenvalue weighted by Gasteiger charge is -2.39. The van der Waals surface area contributed by atoms with Gasteiger partial charge in [0.1, 0.15) is 17.5 Å². The van der Waals surface area contributed by atoms with Crippen molar-refractivity contribution in [1.82, 2.24) is 9.80 Å². The van der Waals surface area contributed by atoms with Gasteiger partial charge in [-0.1, -0.05) is 30.3 Å². The largest absolute Gasteiger partial charge is 0.480 e. The monoisotopic (exact) mass is 489 g/mol. The Balaban J connectivity index is 1.29. The number of ether oxygens (including phenoxy) is 1. The Kier molecular flexibility index (Phi) is 7.94. The third-order valence-corrected chi connectivity index (χ3v) is 5.93. The Morgan fingerprint density at radius 1 is 0.861 bits per heavy atom. The average molecular weight is 490 g/mol. The number of nitrogens with one attached hydrogen (secondary N) is 1. The zero-order valence-corrected chi connectivity index (χ0v) is 19.5. The first-order chi connectivity index (χ1) is 17.4. The number of anilines is 1. The summed E-state index contributed by atoms with van der Waals surface area (Å²) in [5.41, 5.74) is 1.64. The molecule has 3 aromatic rings. The van der Waals surface area contributed by atoms with Gasteiger partial charge in [0, 0.05) is 31.9 Å². The number of carbonyl (C=O) groups is 3. The topological polar surface area (TPSA) is 119 Å². The normalized spacial score (nSPS) is 16.3. The van der Waals surface area contributed by atoms with E-state index in [1.54, 1.807) is 36.4 Å². The van der Waals surface area contributed by atoms with Gasteiger partial charge in [-0.3, -0.25) is 19.4 Å². The van der Waals surface area contributed by atoms with Crippen LogP contribution in [0.4, 0.5) is 5.69 Å². The minimum absolute atomic E-state index is 0.0766. The number of hydrogen-bond acceptors (Lipinski definition) is 6. The van der Waals surface area contributed by atoms with E-state index < -0.39 is 18.0 Å². The van der Waals surface area contributed by atoms with Gasteiger partial charge < -0.3 is 20.3 Å². The molecule has 3 N–H and O–H groups in total. The van der Waals surface area contributed by atoms with Gasteiger partial charge in [-0.15, -0.1) is 0 Å². The number of piperazine rings is 1. The molecule has 0 aromatic heterocycles. The van der Waals surface area contributed by atoms with Crippen LogP contribution in [0.25, 0.3) is 0 Å². The molecule has 1 fully saturated rings. The number of carboxylic acids is 2. The summed E-state index contributed by atoms with van der Waals surface area (Å²) in [6, 6.07) is 22.1. The Labute approximate surface area is 208 Å². The van der Waals surface area contributed by atoms with Crippen LogP contribution < -0.4 is 10.1 Å². The lowest BCUT2D eigenvalue weighted by molar-refractivity contribution is -0.146. The molecule has 3 aromatic carbocycles. The van der Waals surface area contributed by atoms with E-state index in [9.17, 15) is 19.5 Å². The van der Waals surface area contributed by atoms with Crippen LogP contribution in [-0.4, -0.2) is 70.1 Å². The number of nitrogens with zero attached hydrogens (tertiary/aromatic N) is 2. The number of benzene rings is 3. The number of aromatic carboxylic acids is 1. The maximum Gasteiger partial charge on any atom is 0.335 e. The Hall–Kier alpha value is -4.21. The molecule has 1 aliphatic rings. The summed E-state index contributed by atoms with van der Waals surface area (Å²) in [5.74, 6) is -0.825. The number of para-hydroxylation sites is 1. The summed E-state index contributed by atoms with van der Waals surface area (Å²) in [7, 11) is 0. The second kappa shape index (κ2) is 11.5. The summed E-state index contributed by atoms with van der Waals surface area (Å²) >= 11 is 0. The summed E-state index contributed by atoms with van der Waals surface area (Å²) in [5, 5.41) is 21.6. The fourth-order valence-electron chi connectivity index (χ4n) is 4.07. The van der Waals surface area contributed by atoms with Crippen molar-refractivity contribution in [3.05, 3.63) is 90.0 Å². The van der Waals surface area contributed by atoms with Crippen molar-refractivity contribution >= 4 is 23.5 Å². The van der Waals surface area contributed by atoms with Crippen molar-refractivity contribution in [2.45, 2.75) is 12.6 Å². The van der Waals surface area contributed by atoms with Gasteiger partial charge in [0.2, 0.25) is 5.91 Å². The van der Waals surface area contributed by atoms with Crippen LogP contribution in [0.3, 0.4) is 0 Å². The third kappa shape index (κ3) is 6.68. The molecule has 1 aliphatic heterocycles. The number of amides is 1. The SMILES string of the molecule is O=C(CN1CCN(Cc2ccc(C(=O)O)cc2)C(C(=O)O)C1)Nc1ccc(Oc2ccccc2)cc1. The van der Waals surface area contributed by atoms with E-state index in [-0.39, 0.29) is 24.6 Å². The smallest absolute Gasteiger partial charge is 0.335 e. The number of carbonyl (C=O) groups excluding carboxylic acids is 1. The molecule has 1 atom stereocenters. The Bertz CT molecular complexity index is 1200. The molecular formula is C27H27N3O6. The fraction of sp³-hybridized carbons (Fsp3) is 0.222. The highest BCUT2D eigenvalue weighted by Crippen LogP contribution is 2.23. The predicted molar refractivity (Wildman–Crippen MR) is 133 cm³/mol. The quantitative estimate of drug-likeness (QED) is 0.419. The van der Waals surface area contributed by atoms with E-state index in [1.165, 1.54) is 12.1 Å². The van der Waals surface area contributed by atoms with E-state index >= 15 is 0 Å². The van der Waals surface area contributed by atoms with Crippen molar-refractivity contribution in [3.63, 3.8) is 0 Å². The summed E-state index contributed by atoms with van der Waals surface area (Å²) in [6.45, 7) is 1.67. The van der Waals surface area contributed by atoms with Gasteiger partial charge in [-0.05, 0) is 54.1 Å². The van der Waals surface area contributed by atoms with Gasteiger partial charge in [0.25, 0.3) is 0 Å². The lowest BCUT2D eigenvalue weighted by atomic mass is 10.1. The first-order valence-corrected chi connectivity index (χ1v) is 11.5. The Morgan fingerprint density at radius 2 is 1.53 bits per heavy atom. The molecule has 1 amide bonds. The molecule has 9 heteroatoms. The lowest BCUT2D eigenvalue weighted by Crippen LogP contribution is -2.57. The zero-order valence-electron chi connectivity index (χ0n) is 19.5. The van der Waals surface area contributed by atoms with Crippen molar-refractivity contribution in [1.29, 1.82) is 0 Å². The van der Waals surface area contributed by atoms with Crippen LogP contribution in [0.15, 0.2) is 78.9 Å². The number of aliphatic carboxylic acids is 1. The van der Waals surface area contributed by atoms with Gasteiger partial charge in [-0.25, -0.2) is 4.79 Å². The van der Waals surface area contributed by atoms with Crippen LogP contribution in [-0.2, 0) is 16.1 Å². The summed E-state index contributed by atoms with van der Waals surface area (Å²) in [4.78, 5) is 39.2. The minimum Gasteiger partial charge on any atom is -0.480 e. The molecule has 1 saturated heterocycles. The Morgan fingerprint density at radius 3 is 2.17 bits per heavy atom. The van der Waals surface area contributed by atoms with Crippen LogP contribution >= 0.6 is 0 Å². The molecule has 0 radical (unpaired) electrons. The molecule has 1 unspecified atom stereocenters. The van der Waals surface area contributed by atoms with Crippen LogP contribution in [0.2, 0.25) is 0 Å². The van der Waals surface area contributed by atoms with Crippen molar-refractivity contribution in [2.24, 2.45) is 0 Å². The highest BCUT2D eigenvalue weighted by atomic mass is 16.5. The molecule has 9 nitrogen and oxygen atoms in total. The van der Waals surface area contributed by atoms with Crippen LogP contribution in [0.5, 0.6) is 11.5 Å². The van der Waals surface area contributed by atoms with Crippen LogP contribution in [0.1, 0.15) is 15.9 Å². The summed E-state index contributed by atoms with van der Waals surface area (Å²) in [6.07, 6.45) is 0. The molecule has 4 rings (SSSR count). The van der Waals surface area contributed by atoms with E-state index in [0.29, 0.717) is 31.1 Å². The number of carboxylic acid groups (broad SMARTS) is 2. The highest BCUT2D eigenvalue weighted by molar-refractivity contribution is 5.92. The standard InChI is InChI=1S/C27H27N3O6/c31-25(28-21-10-12-23(13-11-21)36-22-4-2-1-3-5-22)18-29-14-15-30(24(17-29)27(34)35)16-19-6-8-20(9-7-19)26(32)33/h1-13,24H,14-18H2,(H,28,31)(H,32,33)(H,34,35). The minimum atomic E-state index is -1.01. The summed E-state index contributed by atoms with van der Waals surface area (Å²) < 4.78 is 5.76. The van der Waals surface area contributed by atoms with Crippen molar-refractivity contribution in [3.8, 4) is 11.5 Å². The van der Waals surface area contributed by atoms with E-state index in [4.69, 9.17) is 9.84 Å². The van der Waals surface area contributed by atoms with E-state index in [2.05, 4.69) is 5.32 Å². The first kappa shape index (κ1) is 24.9. The third-order valence-electron chi connectivity index (χ3n) is 5.93. The van der Waals surface area contributed by atoms with Gasteiger partial charge in [0.05, 0.1) is 12.1 Å². The second-order valence-electron chi connectivity index (χ2n) is 8.55. The first-order valence-electron chi connectivity index (χ1n) is 11.5. The van der Waals surface area contributed by atoms with Crippen LogP contribution in [0, 0.1) is 0 Å². The zero-order chi connectivity index (χ0) is 25.5. The molecule has 0 bridgehead atoms. The van der Waals surface area contributed by atoms with E-state index in [0.717, 1.165) is 11.3 Å². The van der Waals surface area contributed by atoms with Crippen molar-refractivity contribution in [2.75, 3.05) is 31.5 Å². The predicted octanol–water partition coefficient (Wildman–Crippen LogP) is 3.39. The molecule has 0 saturated carbocycles. The molecule has 36 heavy (non-hydrogen) atoms. The molecule has 1 heterocycles. The molecular weight excluding hydrogens is 462 g/mol. The average Bonchev–Trinajstić information content (AvgIpc) is 2.87. The number of rotatable bonds is 9. The van der Waals surface area contributed by atoms with E-state index in [1.807, 2.05) is 40.1 Å². The molecule has 0 aliphatic carbocycles. The maximum absolute atomic E-state index is 12.6. The van der Waals surface area contributed by atoms with Gasteiger partial charge in [0.15, 0.2) is 0 Å². The van der Waals surface area contributed by atoms with Gasteiger partial charge >= 0.3 is 11.9 Å². The van der Waals surface area contributed by atoms with Crippen molar-refractivity contribution < 1.29 is 29.3 Å². The highest BCUT2D eigenvalue weighted by Gasteiger charge is 2.33. The maximum atomic E-state index is 12.6. The van der Waals surface area contributed by atoms with Gasteiger partial charge in [-0.2, -0.15) is 0 Å². The molecule has 0 spiro atoms. The second-order valence-corrected chi connectivity index (χ2v) is 8.55. The molecule has 186 valence electrons. The number of hydrogen-bond donors (Lipinski definition) is 3. The fourth-order valence-corrected chi connectivity index (χ4v) is 4.07.